The van der Waals surface area contributed by atoms with Gasteiger partial charge in [-0.2, -0.15) is 0 Å². The Morgan fingerprint density at radius 2 is 1.53 bits per heavy atom. The number of allylic oxidation sites excluding steroid dienone is 2. The number of esters is 1. The molecule has 0 aliphatic heterocycles. The van der Waals surface area contributed by atoms with Crippen LogP contribution in [0.1, 0.15) is 109 Å². The summed E-state index contributed by atoms with van der Waals surface area (Å²) < 4.78 is 34.3. The lowest BCUT2D eigenvalue weighted by Crippen LogP contribution is -2.35. The zero-order chi connectivity index (χ0) is 25.5. The smallest absolute Gasteiger partial charge is 0.314 e. The van der Waals surface area contributed by atoms with Gasteiger partial charge in [-0.25, -0.2) is 8.78 Å². The molecular formula is C32H46F2O2. The van der Waals surface area contributed by atoms with Crippen LogP contribution in [0.3, 0.4) is 0 Å². The van der Waals surface area contributed by atoms with Crippen molar-refractivity contribution in [3.63, 3.8) is 0 Å². The van der Waals surface area contributed by atoms with Crippen molar-refractivity contribution in [3.8, 4) is 5.75 Å². The normalized spacial score (nSPS) is 30.8. The van der Waals surface area contributed by atoms with E-state index < -0.39 is 11.6 Å². The summed E-state index contributed by atoms with van der Waals surface area (Å²) in [5.74, 6) is 2.61. The summed E-state index contributed by atoms with van der Waals surface area (Å²) in [6, 6.07) is 2.32. The van der Waals surface area contributed by atoms with Crippen LogP contribution in [0.5, 0.6) is 5.75 Å². The number of rotatable bonds is 9. The van der Waals surface area contributed by atoms with E-state index in [1.54, 1.807) is 0 Å². The second kappa shape index (κ2) is 13.2. The topological polar surface area (TPSA) is 26.3 Å². The van der Waals surface area contributed by atoms with Gasteiger partial charge >= 0.3 is 5.97 Å². The second-order valence-corrected chi connectivity index (χ2v) is 11.9. The van der Waals surface area contributed by atoms with Gasteiger partial charge in [0.25, 0.3) is 0 Å². The SMILES string of the molecule is C/C=C/CCc1c(F)cc(OC(=O)C2CCC(C3CCC4CC(CCCC)CCC4C3)CC2)cc1F. The first-order chi connectivity index (χ1) is 17.5. The van der Waals surface area contributed by atoms with Crippen LogP contribution in [0.4, 0.5) is 8.78 Å². The monoisotopic (exact) mass is 500 g/mol. The maximum Gasteiger partial charge on any atom is 0.314 e. The molecule has 0 heterocycles. The van der Waals surface area contributed by atoms with Crippen molar-refractivity contribution in [1.82, 2.24) is 0 Å². The minimum absolute atomic E-state index is 0.0141. The van der Waals surface area contributed by atoms with Crippen LogP contribution in [0.25, 0.3) is 0 Å². The number of benzene rings is 1. The molecule has 4 rings (SSSR count). The highest BCUT2D eigenvalue weighted by Crippen LogP contribution is 2.49. The van der Waals surface area contributed by atoms with Crippen molar-refractivity contribution >= 4 is 5.97 Å². The lowest BCUT2D eigenvalue weighted by molar-refractivity contribution is -0.140. The van der Waals surface area contributed by atoms with Crippen LogP contribution in [0.15, 0.2) is 24.3 Å². The number of unbranched alkanes of at least 4 members (excludes halogenated alkanes) is 1. The summed E-state index contributed by atoms with van der Waals surface area (Å²) in [4.78, 5) is 12.8. The van der Waals surface area contributed by atoms with Gasteiger partial charge in [0.05, 0.1) is 5.92 Å². The molecule has 4 heteroatoms. The third kappa shape index (κ3) is 6.98. The Morgan fingerprint density at radius 3 is 2.19 bits per heavy atom. The van der Waals surface area contributed by atoms with Gasteiger partial charge in [-0.1, -0.05) is 44.8 Å². The standard InChI is InChI=1S/C32H46F2O2/c1-3-5-7-9-29-30(33)20-28(21-31(29)34)36-32(35)24-14-12-23(13-15-24)26-17-16-25-18-22(8-6-4-2)10-11-27(25)19-26/h3,5,20-27H,4,6-19H2,1-2H3/b5-3+. The average Bonchev–Trinajstić information content (AvgIpc) is 2.88. The first-order valence-electron chi connectivity index (χ1n) is 14.8. The molecule has 4 atom stereocenters. The van der Waals surface area contributed by atoms with Gasteiger partial charge < -0.3 is 4.74 Å². The lowest BCUT2D eigenvalue weighted by atomic mass is 9.60. The van der Waals surface area contributed by atoms with E-state index in [2.05, 4.69) is 6.92 Å². The molecule has 0 saturated heterocycles. The van der Waals surface area contributed by atoms with Crippen molar-refractivity contribution in [2.45, 2.75) is 110 Å². The van der Waals surface area contributed by atoms with Gasteiger partial charge in [0.2, 0.25) is 0 Å². The maximum atomic E-state index is 14.4. The van der Waals surface area contributed by atoms with Crippen molar-refractivity contribution < 1.29 is 18.3 Å². The molecule has 0 N–H and O–H groups in total. The predicted octanol–water partition coefficient (Wildman–Crippen LogP) is 9.21. The number of hydrogen-bond donors (Lipinski definition) is 0. The fraction of sp³-hybridized carbons (Fsp3) is 0.719. The summed E-state index contributed by atoms with van der Waals surface area (Å²) in [5.41, 5.74) is 0.0533. The van der Waals surface area contributed by atoms with Gasteiger partial charge in [-0.15, -0.1) is 0 Å². The molecule has 0 spiro atoms. The van der Waals surface area contributed by atoms with E-state index in [0.717, 1.165) is 67.4 Å². The molecular weight excluding hydrogens is 454 g/mol. The molecule has 3 aliphatic carbocycles. The zero-order valence-corrected chi connectivity index (χ0v) is 22.5. The lowest BCUT2D eigenvalue weighted by Gasteiger charge is -2.45. The van der Waals surface area contributed by atoms with Crippen molar-refractivity contribution in [2.75, 3.05) is 0 Å². The quantitative estimate of drug-likeness (QED) is 0.192. The molecule has 3 saturated carbocycles. The van der Waals surface area contributed by atoms with E-state index in [9.17, 15) is 13.6 Å². The van der Waals surface area contributed by atoms with Gasteiger partial charge in [-0.05, 0) is 107 Å². The fourth-order valence-electron chi connectivity index (χ4n) is 7.50. The molecule has 2 nitrogen and oxygen atoms in total. The molecule has 200 valence electrons. The van der Waals surface area contributed by atoms with E-state index >= 15 is 0 Å². The number of halogens is 2. The maximum absolute atomic E-state index is 14.4. The summed E-state index contributed by atoms with van der Waals surface area (Å²) in [7, 11) is 0. The summed E-state index contributed by atoms with van der Waals surface area (Å²) >= 11 is 0. The minimum Gasteiger partial charge on any atom is -0.426 e. The highest BCUT2D eigenvalue weighted by molar-refractivity contribution is 5.75. The third-order valence-corrected chi connectivity index (χ3v) is 9.63. The Morgan fingerprint density at radius 1 is 0.917 bits per heavy atom. The summed E-state index contributed by atoms with van der Waals surface area (Å²) in [5, 5.41) is 0. The first kappa shape index (κ1) is 27.3. The van der Waals surface area contributed by atoms with Gasteiger partial charge in [-0.3, -0.25) is 4.79 Å². The fourth-order valence-corrected chi connectivity index (χ4v) is 7.50. The largest absolute Gasteiger partial charge is 0.426 e. The van der Waals surface area contributed by atoms with Crippen LogP contribution >= 0.6 is 0 Å². The number of ether oxygens (including phenoxy) is 1. The molecule has 4 unspecified atom stereocenters. The first-order valence-corrected chi connectivity index (χ1v) is 14.8. The Hall–Kier alpha value is -1.71. The Kier molecular flexibility index (Phi) is 10.0. The van der Waals surface area contributed by atoms with Crippen LogP contribution in [0, 0.1) is 47.1 Å². The van der Waals surface area contributed by atoms with Gasteiger partial charge in [0.1, 0.15) is 17.4 Å². The second-order valence-electron chi connectivity index (χ2n) is 11.9. The number of carbonyl (C=O) groups excluding carboxylic acids is 1. The minimum atomic E-state index is -0.638. The molecule has 36 heavy (non-hydrogen) atoms. The number of carbonyl (C=O) groups is 1. The summed E-state index contributed by atoms with van der Waals surface area (Å²) in [6.45, 7) is 4.18. The Labute approximate surface area is 217 Å². The predicted molar refractivity (Wildman–Crippen MR) is 142 cm³/mol. The Balaban J connectivity index is 1.23. The van der Waals surface area contributed by atoms with Crippen molar-refractivity contribution in [2.24, 2.45) is 35.5 Å². The number of hydrogen-bond acceptors (Lipinski definition) is 2. The molecule has 1 aromatic carbocycles. The highest BCUT2D eigenvalue weighted by atomic mass is 19.1. The van der Waals surface area contributed by atoms with Crippen LogP contribution in [-0.2, 0) is 11.2 Å². The molecule has 0 amide bonds. The Bertz CT molecular complexity index is 863. The van der Waals surface area contributed by atoms with Gasteiger partial charge in [0.15, 0.2) is 0 Å². The van der Waals surface area contributed by atoms with Crippen molar-refractivity contribution in [1.29, 1.82) is 0 Å². The molecule has 3 fully saturated rings. The van der Waals surface area contributed by atoms with E-state index in [1.807, 2.05) is 19.1 Å². The molecule has 0 radical (unpaired) electrons. The third-order valence-electron chi connectivity index (χ3n) is 9.63. The van der Waals surface area contributed by atoms with Crippen LogP contribution < -0.4 is 4.74 Å². The van der Waals surface area contributed by atoms with Crippen molar-refractivity contribution in [3.05, 3.63) is 41.5 Å². The van der Waals surface area contributed by atoms with Crippen LogP contribution in [0.2, 0.25) is 0 Å². The van der Waals surface area contributed by atoms with Crippen LogP contribution in [-0.4, -0.2) is 5.97 Å². The van der Waals surface area contributed by atoms with E-state index in [0.29, 0.717) is 12.8 Å². The summed E-state index contributed by atoms with van der Waals surface area (Å²) in [6.07, 6.45) is 21.1. The number of fused-ring (bicyclic) bond motifs is 1. The molecule has 0 bridgehead atoms. The zero-order valence-electron chi connectivity index (χ0n) is 22.5. The van der Waals surface area contributed by atoms with E-state index in [-0.39, 0.29) is 23.2 Å². The molecule has 3 aliphatic rings. The van der Waals surface area contributed by atoms with E-state index in [4.69, 9.17) is 4.74 Å². The average molecular weight is 501 g/mol. The molecule has 0 aromatic heterocycles. The van der Waals surface area contributed by atoms with Gasteiger partial charge in [0, 0.05) is 17.7 Å². The highest BCUT2D eigenvalue weighted by Gasteiger charge is 2.39. The molecule has 1 aromatic rings. The van der Waals surface area contributed by atoms with E-state index in [1.165, 1.54) is 57.8 Å².